The summed E-state index contributed by atoms with van der Waals surface area (Å²) in [5.41, 5.74) is 6.98. The van der Waals surface area contributed by atoms with Crippen LogP contribution in [0.1, 0.15) is 18.0 Å². The van der Waals surface area contributed by atoms with Crippen LogP contribution in [-0.4, -0.2) is 25.8 Å². The van der Waals surface area contributed by atoms with Gasteiger partial charge in [-0.3, -0.25) is 4.79 Å². The van der Waals surface area contributed by atoms with Gasteiger partial charge in [-0.25, -0.2) is 4.39 Å². The Balaban J connectivity index is 1.61. The van der Waals surface area contributed by atoms with Crippen LogP contribution >= 0.6 is 11.6 Å². The van der Waals surface area contributed by atoms with E-state index in [1.54, 1.807) is 6.07 Å². The fourth-order valence-electron chi connectivity index (χ4n) is 2.68. The second-order valence-electron chi connectivity index (χ2n) is 5.80. The molecule has 1 aliphatic heterocycles. The zero-order chi connectivity index (χ0) is 18.5. The fraction of sp³-hybridized carbons (Fsp3) is 0.278. The number of carbonyl (C=O) groups is 1. The molecule has 4 N–H and O–H groups in total. The van der Waals surface area contributed by atoms with Crippen LogP contribution in [0.2, 0.25) is 5.02 Å². The molecule has 26 heavy (non-hydrogen) atoms. The molecule has 8 heteroatoms. The summed E-state index contributed by atoms with van der Waals surface area (Å²) in [5, 5.41) is 5.80. The highest BCUT2D eigenvalue weighted by molar-refractivity contribution is 6.30. The summed E-state index contributed by atoms with van der Waals surface area (Å²) in [6.07, 6.45) is 0.641. The topological polar surface area (TPSA) is 85.6 Å². The molecular formula is C18H19ClFN3O3. The van der Waals surface area contributed by atoms with Gasteiger partial charge in [-0.05, 0) is 48.9 Å². The van der Waals surface area contributed by atoms with Gasteiger partial charge in [0.1, 0.15) is 5.82 Å². The number of carbonyl (C=O) groups excluding carboxylic acids is 1. The summed E-state index contributed by atoms with van der Waals surface area (Å²) in [6, 6.07) is 9.61. The first-order valence-corrected chi connectivity index (χ1v) is 8.52. The van der Waals surface area contributed by atoms with Crippen LogP contribution in [0.3, 0.4) is 0 Å². The molecule has 1 amide bonds. The van der Waals surface area contributed by atoms with Crippen LogP contribution < -0.4 is 25.8 Å². The maximum absolute atomic E-state index is 13.4. The number of hydrogen-bond donors (Lipinski definition) is 3. The summed E-state index contributed by atoms with van der Waals surface area (Å²) < 4.78 is 24.1. The second-order valence-corrected chi connectivity index (χ2v) is 6.21. The smallest absolute Gasteiger partial charge is 0.238 e. The quantitative estimate of drug-likeness (QED) is 0.688. The van der Waals surface area contributed by atoms with Crippen LogP contribution in [0.4, 0.5) is 10.1 Å². The highest BCUT2D eigenvalue weighted by Gasteiger charge is 2.18. The van der Waals surface area contributed by atoms with Gasteiger partial charge >= 0.3 is 0 Å². The van der Waals surface area contributed by atoms with Crippen molar-refractivity contribution in [2.24, 2.45) is 5.73 Å². The largest absolute Gasteiger partial charge is 0.454 e. The van der Waals surface area contributed by atoms with E-state index in [4.69, 9.17) is 26.8 Å². The van der Waals surface area contributed by atoms with Gasteiger partial charge in [0, 0.05) is 11.7 Å². The number of amides is 1. The van der Waals surface area contributed by atoms with Crippen molar-refractivity contribution in [3.63, 3.8) is 0 Å². The van der Waals surface area contributed by atoms with E-state index in [1.807, 2.05) is 18.2 Å². The minimum absolute atomic E-state index is 0.00643. The molecule has 0 bridgehead atoms. The lowest BCUT2D eigenvalue weighted by molar-refractivity contribution is -0.115. The summed E-state index contributed by atoms with van der Waals surface area (Å²) >= 11 is 5.63. The van der Waals surface area contributed by atoms with Crippen molar-refractivity contribution in [3.05, 3.63) is 52.8 Å². The summed E-state index contributed by atoms with van der Waals surface area (Å²) in [5.74, 6) is 0.489. The van der Waals surface area contributed by atoms with Crippen LogP contribution in [0.15, 0.2) is 36.4 Å². The van der Waals surface area contributed by atoms with Gasteiger partial charge in [0.15, 0.2) is 11.5 Å². The molecule has 138 valence electrons. The molecule has 2 aromatic carbocycles. The van der Waals surface area contributed by atoms with E-state index in [1.165, 1.54) is 12.1 Å². The van der Waals surface area contributed by atoms with E-state index in [9.17, 15) is 9.18 Å². The van der Waals surface area contributed by atoms with Crippen molar-refractivity contribution in [2.45, 2.75) is 12.5 Å². The maximum Gasteiger partial charge on any atom is 0.238 e. The Bertz CT molecular complexity index is 803. The highest BCUT2D eigenvalue weighted by Crippen LogP contribution is 2.34. The van der Waals surface area contributed by atoms with Gasteiger partial charge in [0.25, 0.3) is 0 Å². The van der Waals surface area contributed by atoms with Gasteiger partial charge in [-0.15, -0.1) is 0 Å². The number of benzene rings is 2. The van der Waals surface area contributed by atoms with E-state index in [0.717, 1.165) is 5.56 Å². The Morgan fingerprint density at radius 3 is 2.81 bits per heavy atom. The molecule has 0 radical (unpaired) electrons. The highest BCUT2D eigenvalue weighted by atomic mass is 35.5. The van der Waals surface area contributed by atoms with Gasteiger partial charge in [-0.2, -0.15) is 0 Å². The third-order valence-corrected chi connectivity index (χ3v) is 4.27. The molecule has 1 aliphatic rings. The molecule has 0 saturated heterocycles. The average Bonchev–Trinajstić information content (AvgIpc) is 3.09. The molecular weight excluding hydrogens is 361 g/mol. The number of hydrogen-bond acceptors (Lipinski definition) is 5. The molecule has 2 aromatic rings. The third-order valence-electron chi connectivity index (χ3n) is 3.97. The Labute approximate surface area is 155 Å². The minimum atomic E-state index is -0.584. The standard InChI is InChI=1S/C18H19ClFN3O3/c19-13-3-2-12(8-14(13)20)23-18(24)9-22-15(5-6-21)11-1-4-16-17(7-11)26-10-25-16/h1-4,7-8,15,22H,5-6,9-10,21H2,(H,23,24). The normalized spacial score (nSPS) is 13.5. The Morgan fingerprint density at radius 1 is 1.23 bits per heavy atom. The number of fused-ring (bicyclic) bond motifs is 1. The molecule has 0 spiro atoms. The predicted octanol–water partition coefficient (Wildman–Crippen LogP) is 2.83. The molecule has 1 atom stereocenters. The van der Waals surface area contributed by atoms with Gasteiger partial charge < -0.3 is 25.8 Å². The van der Waals surface area contributed by atoms with Crippen LogP contribution in [0.25, 0.3) is 0 Å². The van der Waals surface area contributed by atoms with Crippen molar-refractivity contribution in [1.29, 1.82) is 0 Å². The molecule has 1 heterocycles. The van der Waals surface area contributed by atoms with Gasteiger partial charge in [-0.1, -0.05) is 17.7 Å². The Morgan fingerprint density at radius 2 is 2.04 bits per heavy atom. The lowest BCUT2D eigenvalue weighted by Crippen LogP contribution is -2.32. The number of anilines is 1. The number of rotatable bonds is 7. The monoisotopic (exact) mass is 379 g/mol. The van der Waals surface area contributed by atoms with Crippen LogP contribution in [-0.2, 0) is 4.79 Å². The fourth-order valence-corrected chi connectivity index (χ4v) is 2.80. The second kappa shape index (κ2) is 8.35. The maximum atomic E-state index is 13.4. The summed E-state index contributed by atoms with van der Waals surface area (Å²) in [7, 11) is 0. The first-order valence-electron chi connectivity index (χ1n) is 8.14. The van der Waals surface area contributed by atoms with Crippen molar-refractivity contribution in [1.82, 2.24) is 5.32 Å². The molecule has 1 unspecified atom stereocenters. The molecule has 0 saturated carbocycles. The van der Waals surface area contributed by atoms with E-state index in [2.05, 4.69) is 10.6 Å². The van der Waals surface area contributed by atoms with Crippen molar-refractivity contribution >= 4 is 23.2 Å². The first kappa shape index (κ1) is 18.4. The van der Waals surface area contributed by atoms with Crippen molar-refractivity contribution < 1.29 is 18.7 Å². The number of ether oxygens (including phenoxy) is 2. The van der Waals surface area contributed by atoms with Crippen LogP contribution in [0.5, 0.6) is 11.5 Å². The Hall–Kier alpha value is -2.35. The minimum Gasteiger partial charge on any atom is -0.454 e. The van der Waals surface area contributed by atoms with E-state index < -0.39 is 5.82 Å². The lowest BCUT2D eigenvalue weighted by Gasteiger charge is -2.19. The average molecular weight is 380 g/mol. The van der Waals surface area contributed by atoms with E-state index >= 15 is 0 Å². The van der Waals surface area contributed by atoms with Crippen molar-refractivity contribution in [2.75, 3.05) is 25.2 Å². The van der Waals surface area contributed by atoms with E-state index in [-0.39, 0.29) is 30.3 Å². The molecule has 0 fully saturated rings. The van der Waals surface area contributed by atoms with Gasteiger partial charge in [0.2, 0.25) is 12.7 Å². The summed E-state index contributed by atoms with van der Waals surface area (Å²) in [4.78, 5) is 12.1. The zero-order valence-electron chi connectivity index (χ0n) is 13.9. The van der Waals surface area contributed by atoms with Crippen molar-refractivity contribution in [3.8, 4) is 11.5 Å². The third kappa shape index (κ3) is 4.43. The lowest BCUT2D eigenvalue weighted by atomic mass is 10.0. The number of nitrogens with two attached hydrogens (primary N) is 1. The SMILES string of the molecule is NCCC(NCC(=O)Nc1ccc(Cl)c(F)c1)c1ccc2c(c1)OCO2. The molecule has 3 rings (SSSR count). The van der Waals surface area contributed by atoms with Crippen LogP contribution in [0, 0.1) is 5.82 Å². The number of halogens is 2. The Kier molecular flexibility index (Phi) is 5.92. The zero-order valence-corrected chi connectivity index (χ0v) is 14.7. The molecule has 0 aliphatic carbocycles. The van der Waals surface area contributed by atoms with Gasteiger partial charge in [0.05, 0.1) is 11.6 Å². The first-order chi connectivity index (χ1) is 12.6. The molecule has 6 nitrogen and oxygen atoms in total. The molecule has 0 aromatic heterocycles. The number of nitrogens with one attached hydrogen (secondary N) is 2. The predicted molar refractivity (Wildman–Crippen MR) is 97.0 cm³/mol. The summed E-state index contributed by atoms with van der Waals surface area (Å²) in [6.45, 7) is 0.702. The van der Waals surface area contributed by atoms with E-state index in [0.29, 0.717) is 30.2 Å².